The lowest BCUT2D eigenvalue weighted by molar-refractivity contribution is 0.722. The molecule has 0 aliphatic heterocycles. The molecule has 0 aliphatic carbocycles. The zero-order valence-electron chi connectivity index (χ0n) is 33.8. The van der Waals surface area contributed by atoms with E-state index in [2.05, 4.69) is 103 Å². The van der Waals surface area contributed by atoms with Crippen molar-refractivity contribution in [2.24, 2.45) is 27.9 Å². The van der Waals surface area contributed by atoms with Crippen molar-refractivity contribution in [1.82, 2.24) is 0 Å². The molecule has 1 unspecified atom stereocenters. The molecule has 0 bridgehead atoms. The fourth-order valence-corrected chi connectivity index (χ4v) is 6.40. The van der Waals surface area contributed by atoms with Crippen molar-refractivity contribution in [3.63, 3.8) is 0 Å². The third kappa shape index (κ3) is 12.6. The van der Waals surface area contributed by atoms with Gasteiger partial charge in [-0.3, -0.25) is 0 Å². The van der Waals surface area contributed by atoms with Crippen LogP contribution in [0.15, 0.2) is 211 Å². The maximum absolute atomic E-state index is 6.49. The smallest absolute Gasteiger partial charge is 0.133 e. The summed E-state index contributed by atoms with van der Waals surface area (Å²) in [6, 6.07) is 63.8. The highest BCUT2D eigenvalue weighted by Crippen LogP contribution is 2.27. The summed E-state index contributed by atoms with van der Waals surface area (Å²) in [5, 5.41) is 0. The van der Waals surface area contributed by atoms with Gasteiger partial charge in [0.25, 0.3) is 0 Å². The van der Waals surface area contributed by atoms with Crippen molar-refractivity contribution in [3.8, 4) is 22.3 Å². The van der Waals surface area contributed by atoms with Crippen LogP contribution in [0.4, 0.5) is 5.69 Å². The van der Waals surface area contributed by atoms with E-state index >= 15 is 0 Å². The van der Waals surface area contributed by atoms with Gasteiger partial charge in [-0.15, -0.1) is 0 Å². The van der Waals surface area contributed by atoms with Gasteiger partial charge in [0, 0.05) is 23.7 Å². The first kappa shape index (κ1) is 42.4. The largest absolute Gasteiger partial charge is 0.398 e. The minimum Gasteiger partial charge on any atom is -0.398 e. The zero-order chi connectivity index (χ0) is 41.1. The molecule has 58 heavy (non-hydrogen) atoms. The molecular formula is C53H55N5. The molecule has 7 aromatic rings. The van der Waals surface area contributed by atoms with Gasteiger partial charge in [0.1, 0.15) is 5.84 Å². The molecule has 5 nitrogen and oxygen atoms in total. The molecule has 292 valence electrons. The van der Waals surface area contributed by atoms with Crippen LogP contribution in [-0.4, -0.2) is 5.84 Å². The lowest BCUT2D eigenvalue weighted by atomic mass is 9.97. The molecule has 0 heterocycles. The topological polar surface area (TPSA) is 116 Å². The Bertz CT molecular complexity index is 2400. The van der Waals surface area contributed by atoms with E-state index in [4.69, 9.17) is 22.9 Å². The van der Waals surface area contributed by atoms with E-state index < -0.39 is 0 Å². The summed E-state index contributed by atoms with van der Waals surface area (Å²) in [6.07, 6.45) is 4.67. The standard InChI is InChI=1S/C26H28N4.C20H19N.C7H8/c1-3-8-24(25(28)23-14-5-4-9-18(23)2)26(29)30-22-13-7-12-21(16-22)20-11-6-10-19(15-20)17-27;21-20(19-9-5-2-6-10-19)15-16-11-13-18(14-12-16)17-7-3-1-4-8-17;1-7-5-3-2-4-6-7/h3-16H,17,27-28H2,1-2H3,(H2,29,30);1-14,20H,15,21H2;2-6H,1H3/b8-3-,25-24+;;. The number of amidine groups is 1. The average Bonchev–Trinajstić information content (AvgIpc) is 3.27. The normalized spacial score (nSPS) is 12.1. The molecule has 1 atom stereocenters. The van der Waals surface area contributed by atoms with E-state index in [1.807, 2.05) is 123 Å². The van der Waals surface area contributed by atoms with Gasteiger partial charge in [-0.1, -0.05) is 188 Å². The molecule has 7 aromatic carbocycles. The Morgan fingerprint density at radius 3 is 1.72 bits per heavy atom. The minimum atomic E-state index is 0.0498. The molecule has 0 amide bonds. The lowest BCUT2D eigenvalue weighted by Gasteiger charge is -2.12. The fourth-order valence-electron chi connectivity index (χ4n) is 6.40. The molecule has 0 saturated heterocycles. The van der Waals surface area contributed by atoms with Crippen molar-refractivity contribution in [1.29, 1.82) is 0 Å². The number of hydrogen-bond acceptors (Lipinski definition) is 4. The Balaban J connectivity index is 0.000000197. The molecule has 0 spiro atoms. The van der Waals surface area contributed by atoms with Crippen molar-refractivity contribution in [3.05, 3.63) is 239 Å². The highest BCUT2D eigenvalue weighted by molar-refractivity contribution is 6.07. The number of nitrogens with zero attached hydrogens (tertiary/aromatic N) is 1. The second-order valence-corrected chi connectivity index (χ2v) is 14.0. The first-order valence-electron chi connectivity index (χ1n) is 19.6. The van der Waals surface area contributed by atoms with Gasteiger partial charge in [-0.2, -0.15) is 0 Å². The quantitative estimate of drug-likeness (QED) is 0.0631. The van der Waals surface area contributed by atoms with Crippen molar-refractivity contribution >= 4 is 17.2 Å². The maximum atomic E-state index is 6.49. The average molecular weight is 762 g/mol. The highest BCUT2D eigenvalue weighted by Gasteiger charge is 2.11. The van der Waals surface area contributed by atoms with Gasteiger partial charge in [-0.25, -0.2) is 4.99 Å². The van der Waals surface area contributed by atoms with Crippen LogP contribution in [0.25, 0.3) is 28.0 Å². The van der Waals surface area contributed by atoms with Crippen molar-refractivity contribution < 1.29 is 0 Å². The number of nitrogens with two attached hydrogens (primary N) is 4. The molecule has 0 aromatic heterocycles. The molecule has 8 N–H and O–H groups in total. The Morgan fingerprint density at radius 1 is 0.569 bits per heavy atom. The van der Waals surface area contributed by atoms with Crippen LogP contribution in [0.3, 0.4) is 0 Å². The summed E-state index contributed by atoms with van der Waals surface area (Å²) < 4.78 is 0. The summed E-state index contributed by atoms with van der Waals surface area (Å²) in [7, 11) is 0. The summed E-state index contributed by atoms with van der Waals surface area (Å²) in [5.74, 6) is 0.377. The van der Waals surface area contributed by atoms with Gasteiger partial charge in [0.15, 0.2) is 0 Å². The van der Waals surface area contributed by atoms with Crippen LogP contribution in [0.2, 0.25) is 0 Å². The molecule has 0 aliphatic rings. The van der Waals surface area contributed by atoms with E-state index in [1.54, 1.807) is 0 Å². The molecule has 7 rings (SSSR count). The number of aliphatic imine (C=N–C) groups is 1. The maximum Gasteiger partial charge on any atom is 0.133 e. The van der Waals surface area contributed by atoms with Gasteiger partial charge in [0.2, 0.25) is 0 Å². The number of hydrogen-bond donors (Lipinski definition) is 4. The van der Waals surface area contributed by atoms with Crippen LogP contribution in [0.1, 0.15) is 46.3 Å². The second-order valence-electron chi connectivity index (χ2n) is 14.0. The molecule has 0 radical (unpaired) electrons. The number of allylic oxidation sites excluding steroid dienone is 1. The zero-order valence-corrected chi connectivity index (χ0v) is 33.8. The van der Waals surface area contributed by atoms with Crippen LogP contribution in [0.5, 0.6) is 0 Å². The summed E-state index contributed by atoms with van der Waals surface area (Å²) in [5.41, 5.74) is 38.6. The first-order valence-corrected chi connectivity index (χ1v) is 19.6. The first-order chi connectivity index (χ1) is 28.2. The summed E-state index contributed by atoms with van der Waals surface area (Å²) >= 11 is 0. The molecule has 0 fully saturated rings. The SMILES string of the molecule is C/C=C\C(C(N)=Nc1cccc(-c2cccc(CN)c2)c1)=C(/N)c1ccccc1C.Cc1ccccc1.NC(Cc1ccc(-c2ccccc2)cc1)c1ccccc1. The van der Waals surface area contributed by atoms with E-state index in [-0.39, 0.29) is 6.04 Å². The summed E-state index contributed by atoms with van der Waals surface area (Å²) in [4.78, 5) is 4.66. The monoisotopic (exact) mass is 761 g/mol. The molecular weight excluding hydrogens is 707 g/mol. The fraction of sp³-hybridized carbons (Fsp3) is 0.113. The molecule has 0 saturated carbocycles. The van der Waals surface area contributed by atoms with Crippen LogP contribution >= 0.6 is 0 Å². The predicted molar refractivity (Wildman–Crippen MR) is 248 cm³/mol. The third-order valence-corrected chi connectivity index (χ3v) is 9.61. The lowest BCUT2D eigenvalue weighted by Crippen LogP contribution is -2.18. The molecule has 5 heteroatoms. The van der Waals surface area contributed by atoms with E-state index in [0.717, 1.165) is 39.9 Å². The Hall–Kier alpha value is -6.79. The van der Waals surface area contributed by atoms with Crippen molar-refractivity contribution in [2.45, 2.75) is 39.8 Å². The minimum absolute atomic E-state index is 0.0498. The van der Waals surface area contributed by atoms with Crippen LogP contribution in [0, 0.1) is 13.8 Å². The van der Waals surface area contributed by atoms with Gasteiger partial charge in [0.05, 0.1) is 11.4 Å². The second kappa shape index (κ2) is 22.1. The van der Waals surface area contributed by atoms with E-state index in [0.29, 0.717) is 23.7 Å². The highest BCUT2D eigenvalue weighted by atomic mass is 14.9. The van der Waals surface area contributed by atoms with Gasteiger partial charge in [-0.05, 0) is 89.9 Å². The number of aryl methyl sites for hydroxylation is 2. The van der Waals surface area contributed by atoms with Gasteiger partial charge >= 0.3 is 0 Å². The van der Waals surface area contributed by atoms with Crippen LogP contribution in [-0.2, 0) is 13.0 Å². The number of rotatable bonds is 10. The number of benzene rings is 7. The van der Waals surface area contributed by atoms with Gasteiger partial charge < -0.3 is 22.9 Å². The Morgan fingerprint density at radius 2 is 1.12 bits per heavy atom. The van der Waals surface area contributed by atoms with Crippen LogP contribution < -0.4 is 22.9 Å². The van der Waals surface area contributed by atoms with Crippen molar-refractivity contribution in [2.75, 3.05) is 0 Å². The Labute approximate surface area is 345 Å². The van der Waals surface area contributed by atoms with E-state index in [1.165, 1.54) is 27.8 Å². The van der Waals surface area contributed by atoms with E-state index in [9.17, 15) is 0 Å². The predicted octanol–water partition coefficient (Wildman–Crippen LogP) is 11.6. The third-order valence-electron chi connectivity index (χ3n) is 9.61. The Kier molecular flexibility index (Phi) is 16.1. The summed E-state index contributed by atoms with van der Waals surface area (Å²) in [6.45, 7) is 6.56.